The maximum Gasteiger partial charge on any atom is 0.435 e. The van der Waals surface area contributed by atoms with Crippen LogP contribution in [0, 0.1) is 0 Å². The molecule has 5 aliphatic rings. The number of nitrogens with zero attached hydrogens (tertiary/aromatic N) is 1. The molecule has 3 aromatic rings. The lowest BCUT2D eigenvalue weighted by Crippen LogP contribution is -2.30. The number of rotatable bonds is 2. The number of carbonyl (C=O) groups is 1. The first kappa shape index (κ1) is 17.0. The van der Waals surface area contributed by atoms with Crippen LogP contribution in [0.1, 0.15) is 34.0 Å². The summed E-state index contributed by atoms with van der Waals surface area (Å²) in [5.74, 6) is 0. The van der Waals surface area contributed by atoms with Crippen molar-refractivity contribution in [3.8, 4) is 0 Å². The van der Waals surface area contributed by atoms with Gasteiger partial charge < -0.3 is 4.84 Å². The van der Waals surface area contributed by atoms with Crippen molar-refractivity contribution in [2.75, 3.05) is 4.90 Å². The van der Waals surface area contributed by atoms with Crippen molar-refractivity contribution < 1.29 is 9.63 Å². The smallest absolute Gasteiger partial charge is 0.351 e. The van der Waals surface area contributed by atoms with Gasteiger partial charge in [0.15, 0.2) is 0 Å². The van der Waals surface area contributed by atoms with E-state index in [1.54, 1.807) is 4.90 Å². The summed E-state index contributed by atoms with van der Waals surface area (Å²) in [5, 5.41) is 0. The molecule has 4 heteroatoms. The van der Waals surface area contributed by atoms with E-state index in [-0.39, 0.29) is 12.3 Å². The van der Waals surface area contributed by atoms with E-state index in [2.05, 4.69) is 47.9 Å². The maximum absolute atomic E-state index is 12.5. The van der Waals surface area contributed by atoms with Crippen LogP contribution >= 0.6 is 0 Å². The van der Waals surface area contributed by atoms with Gasteiger partial charge in [0.2, 0.25) is 0 Å². The van der Waals surface area contributed by atoms with Gasteiger partial charge in [-0.25, -0.2) is 4.79 Å². The number of hydroxylamine groups is 1. The number of hydrogen-bond acceptors (Lipinski definition) is 3. The van der Waals surface area contributed by atoms with Gasteiger partial charge in [-0.1, -0.05) is 60.7 Å². The van der Waals surface area contributed by atoms with Gasteiger partial charge in [0.25, 0.3) is 0 Å². The summed E-state index contributed by atoms with van der Waals surface area (Å²) >= 11 is 0. The van der Waals surface area contributed by atoms with Crippen LogP contribution in [0.4, 0.5) is 10.5 Å². The first-order chi connectivity index (χ1) is 13.8. The summed E-state index contributed by atoms with van der Waals surface area (Å²) in [7, 11) is 0. The summed E-state index contributed by atoms with van der Waals surface area (Å²) in [6, 6.07) is 25.3. The minimum atomic E-state index is -0.372. The predicted octanol–water partition coefficient (Wildman–Crippen LogP) is 4.73. The molecule has 4 aliphatic carbocycles. The number of benzene rings is 3. The van der Waals surface area contributed by atoms with Crippen molar-refractivity contribution in [1.29, 1.82) is 0 Å². The second-order valence-electron chi connectivity index (χ2n) is 7.44. The van der Waals surface area contributed by atoms with E-state index < -0.39 is 0 Å². The molecule has 1 N–H and O–H groups in total. The molecule has 1 amide bonds. The third-order valence-electron chi connectivity index (χ3n) is 5.66. The molecule has 1 fully saturated rings. The van der Waals surface area contributed by atoms with Crippen molar-refractivity contribution in [3.05, 3.63) is 101 Å². The van der Waals surface area contributed by atoms with Crippen LogP contribution in [-0.4, -0.2) is 6.09 Å². The molecule has 4 bridgehead atoms. The van der Waals surface area contributed by atoms with Crippen molar-refractivity contribution in [1.82, 2.24) is 5.48 Å². The Balaban J connectivity index is 1.55. The average Bonchev–Trinajstić information content (AvgIpc) is 3.12. The third kappa shape index (κ3) is 3.16. The monoisotopic (exact) mass is 370 g/mol. The van der Waals surface area contributed by atoms with E-state index in [0.717, 1.165) is 36.9 Å². The quantitative estimate of drug-likeness (QED) is 0.709. The fraction of sp³-hybridized carbons (Fsp3) is 0.208. The molecule has 1 heterocycles. The van der Waals surface area contributed by atoms with Gasteiger partial charge in [-0.15, -0.1) is 5.48 Å². The van der Waals surface area contributed by atoms with Crippen LogP contribution in [0.15, 0.2) is 72.8 Å². The van der Waals surface area contributed by atoms with Gasteiger partial charge in [0, 0.05) is 5.69 Å². The van der Waals surface area contributed by atoms with Crippen LogP contribution in [-0.2, 0) is 30.5 Å². The Hall–Kier alpha value is -3.11. The molecule has 8 rings (SSSR count). The summed E-state index contributed by atoms with van der Waals surface area (Å²) in [4.78, 5) is 19.4. The molecule has 0 spiro atoms. The summed E-state index contributed by atoms with van der Waals surface area (Å²) < 4.78 is 0. The van der Waals surface area contributed by atoms with Crippen molar-refractivity contribution >= 4 is 11.8 Å². The van der Waals surface area contributed by atoms with Crippen LogP contribution < -0.4 is 10.4 Å². The highest BCUT2D eigenvalue weighted by Crippen LogP contribution is 2.33. The molecule has 3 aromatic carbocycles. The van der Waals surface area contributed by atoms with E-state index in [0.29, 0.717) is 0 Å². The fourth-order valence-electron chi connectivity index (χ4n) is 4.08. The Morgan fingerprint density at radius 1 is 0.786 bits per heavy atom. The molecule has 1 aliphatic heterocycles. The van der Waals surface area contributed by atoms with Crippen molar-refractivity contribution in [2.24, 2.45) is 0 Å². The zero-order valence-electron chi connectivity index (χ0n) is 15.6. The van der Waals surface area contributed by atoms with Gasteiger partial charge in [-0.3, -0.25) is 4.90 Å². The number of carbonyl (C=O) groups excluding carboxylic acids is 1. The Bertz CT molecular complexity index is 999. The molecule has 0 saturated carbocycles. The second kappa shape index (κ2) is 7.13. The van der Waals surface area contributed by atoms with Crippen LogP contribution in [0.3, 0.4) is 0 Å². The van der Waals surface area contributed by atoms with Gasteiger partial charge in [0.05, 0.1) is 0 Å². The summed E-state index contributed by atoms with van der Waals surface area (Å²) in [6.07, 6.45) is 3.18. The van der Waals surface area contributed by atoms with E-state index in [9.17, 15) is 4.79 Å². The molecule has 0 aromatic heterocycles. The zero-order valence-corrected chi connectivity index (χ0v) is 15.6. The summed E-state index contributed by atoms with van der Waals surface area (Å²) in [5.41, 5.74) is 10.1. The molecule has 0 unspecified atom stereocenters. The van der Waals surface area contributed by atoms with E-state index in [4.69, 9.17) is 4.84 Å². The van der Waals surface area contributed by atoms with E-state index >= 15 is 0 Å². The highest BCUT2D eigenvalue weighted by atomic mass is 16.7. The van der Waals surface area contributed by atoms with Crippen molar-refractivity contribution in [2.45, 2.75) is 31.8 Å². The van der Waals surface area contributed by atoms with Crippen LogP contribution in [0.2, 0.25) is 0 Å². The number of aryl methyl sites for hydroxylation is 4. The third-order valence-corrected chi connectivity index (χ3v) is 5.66. The molecular weight excluding hydrogens is 348 g/mol. The Morgan fingerprint density at radius 2 is 1.43 bits per heavy atom. The Morgan fingerprint density at radius 3 is 2.18 bits per heavy atom. The SMILES string of the molecule is O=C1ON[C@H](c2cc3ccc2CCc2ccc(cc2)CC3)N1c1ccccc1. The standard InChI is InChI=1S/C24H22N2O2/c27-24-26(21-4-2-1-3-5-21)23(25-28-24)22-16-19-11-10-17-6-8-18(9-7-17)12-14-20(22)15-13-19/h1-9,13,15-16,23,25H,10-12,14H2/t23-/m0/s1. The lowest BCUT2D eigenvalue weighted by molar-refractivity contribution is 0.121. The van der Waals surface area contributed by atoms with Gasteiger partial charge >= 0.3 is 6.09 Å². The predicted molar refractivity (Wildman–Crippen MR) is 109 cm³/mol. The molecular formula is C24H22N2O2. The minimum Gasteiger partial charge on any atom is -0.351 e. The topological polar surface area (TPSA) is 41.6 Å². The molecule has 140 valence electrons. The van der Waals surface area contributed by atoms with Crippen LogP contribution in [0.5, 0.6) is 0 Å². The number of para-hydroxylation sites is 1. The summed E-state index contributed by atoms with van der Waals surface area (Å²) in [6.45, 7) is 0. The minimum absolute atomic E-state index is 0.325. The number of hydrogen-bond donors (Lipinski definition) is 1. The average molecular weight is 370 g/mol. The van der Waals surface area contributed by atoms with Crippen LogP contribution in [0.25, 0.3) is 0 Å². The highest BCUT2D eigenvalue weighted by molar-refractivity contribution is 5.90. The second-order valence-corrected chi connectivity index (χ2v) is 7.44. The molecule has 28 heavy (non-hydrogen) atoms. The normalized spacial score (nSPS) is 18.6. The molecule has 4 nitrogen and oxygen atoms in total. The largest absolute Gasteiger partial charge is 0.435 e. The van der Waals surface area contributed by atoms with Crippen molar-refractivity contribution in [3.63, 3.8) is 0 Å². The molecule has 1 saturated heterocycles. The Kier molecular flexibility index (Phi) is 4.34. The number of anilines is 1. The fourth-order valence-corrected chi connectivity index (χ4v) is 4.08. The van der Waals surface area contributed by atoms with Gasteiger partial charge in [-0.05, 0) is 65.6 Å². The molecule has 1 atom stereocenters. The van der Waals surface area contributed by atoms with E-state index in [1.807, 2.05) is 30.3 Å². The van der Waals surface area contributed by atoms with Gasteiger partial charge in [0.1, 0.15) is 6.17 Å². The Labute approximate surface area is 164 Å². The lowest BCUT2D eigenvalue weighted by atomic mass is 9.92. The maximum atomic E-state index is 12.5. The first-order valence-electron chi connectivity index (χ1n) is 9.78. The van der Waals surface area contributed by atoms with Gasteiger partial charge in [-0.2, -0.15) is 0 Å². The lowest BCUT2D eigenvalue weighted by Gasteiger charge is -2.24. The first-order valence-corrected chi connectivity index (χ1v) is 9.78. The number of nitrogens with one attached hydrogen (secondary N) is 1. The highest BCUT2D eigenvalue weighted by Gasteiger charge is 2.36. The molecule has 0 radical (unpaired) electrons. The number of amides is 1. The zero-order chi connectivity index (χ0) is 18.9. The van der Waals surface area contributed by atoms with E-state index in [1.165, 1.54) is 22.3 Å².